The number of hydrogen-bond donors (Lipinski definition) is 1. The largest absolute Gasteiger partial charge is 0.416 e. The molecule has 3 rings (SSSR count). The monoisotopic (exact) mass is 553 g/mol. The van der Waals surface area contributed by atoms with E-state index in [0.29, 0.717) is 10.4 Å². The van der Waals surface area contributed by atoms with Crippen LogP contribution in [0.5, 0.6) is 0 Å². The van der Waals surface area contributed by atoms with E-state index in [0.717, 1.165) is 61.6 Å². The van der Waals surface area contributed by atoms with Crippen molar-refractivity contribution in [2.75, 3.05) is 17.1 Å². The zero-order valence-electron chi connectivity index (χ0n) is 21.8. The first-order valence-corrected chi connectivity index (χ1v) is 14.4. The number of carbonyl (C=O) groups excluding carboxylic acids is 2. The van der Waals surface area contributed by atoms with Gasteiger partial charge in [0.05, 0.1) is 17.5 Å². The van der Waals surface area contributed by atoms with Gasteiger partial charge in [-0.05, 0) is 50.5 Å². The molecule has 0 saturated heterocycles. The maximum Gasteiger partial charge on any atom is 0.416 e. The van der Waals surface area contributed by atoms with Gasteiger partial charge in [-0.15, -0.1) is 0 Å². The minimum absolute atomic E-state index is 0.00671. The molecule has 2 amide bonds. The molecule has 1 aliphatic rings. The van der Waals surface area contributed by atoms with Gasteiger partial charge < -0.3 is 10.2 Å². The van der Waals surface area contributed by atoms with Gasteiger partial charge in [-0.3, -0.25) is 13.9 Å². The van der Waals surface area contributed by atoms with Crippen LogP contribution < -0.4 is 9.62 Å². The molecule has 11 heteroatoms. The molecule has 0 radical (unpaired) electrons. The molecule has 2 aromatic rings. The molecule has 1 saturated carbocycles. The summed E-state index contributed by atoms with van der Waals surface area (Å²) in [5, 5.41) is 3.00. The van der Waals surface area contributed by atoms with E-state index in [-0.39, 0.29) is 24.2 Å². The summed E-state index contributed by atoms with van der Waals surface area (Å²) in [6, 6.07) is 10.2. The van der Waals surface area contributed by atoms with Crippen molar-refractivity contribution in [3.05, 3.63) is 65.2 Å². The molecular formula is C27H34F3N3O4S. The van der Waals surface area contributed by atoms with Gasteiger partial charge in [-0.2, -0.15) is 13.2 Å². The highest BCUT2D eigenvalue weighted by Gasteiger charge is 2.34. The lowest BCUT2D eigenvalue weighted by molar-refractivity contribution is -0.139. The minimum Gasteiger partial charge on any atom is -0.352 e. The Morgan fingerprint density at radius 2 is 1.71 bits per heavy atom. The van der Waals surface area contributed by atoms with E-state index < -0.39 is 40.3 Å². The number of benzene rings is 2. The number of rotatable bonds is 9. The Morgan fingerprint density at radius 1 is 1.05 bits per heavy atom. The van der Waals surface area contributed by atoms with Crippen molar-refractivity contribution < 1.29 is 31.2 Å². The van der Waals surface area contributed by atoms with Gasteiger partial charge in [-0.25, -0.2) is 8.42 Å². The van der Waals surface area contributed by atoms with Crippen LogP contribution in [-0.2, 0) is 32.3 Å². The van der Waals surface area contributed by atoms with E-state index in [1.165, 1.54) is 11.0 Å². The smallest absolute Gasteiger partial charge is 0.352 e. The number of amides is 2. The van der Waals surface area contributed by atoms with Crippen molar-refractivity contribution in [2.45, 2.75) is 70.8 Å². The summed E-state index contributed by atoms with van der Waals surface area (Å²) in [6.07, 6.45) is 0.952. The second-order valence-corrected chi connectivity index (χ2v) is 11.8. The molecule has 1 N–H and O–H groups in total. The lowest BCUT2D eigenvalue weighted by atomic mass is 9.95. The minimum atomic E-state index is -4.69. The van der Waals surface area contributed by atoms with E-state index >= 15 is 0 Å². The number of sulfonamides is 1. The summed E-state index contributed by atoms with van der Waals surface area (Å²) in [4.78, 5) is 28.0. The zero-order chi connectivity index (χ0) is 28.1. The summed E-state index contributed by atoms with van der Waals surface area (Å²) < 4.78 is 65.7. The SMILES string of the molecule is Cc1cccc(CN(C(=O)CN(c2cccc(C(F)(F)F)c2)S(C)(=O)=O)[C@H](C)C(=O)NC2CCCCC2)c1. The van der Waals surface area contributed by atoms with Gasteiger partial charge in [0.1, 0.15) is 12.6 Å². The summed E-state index contributed by atoms with van der Waals surface area (Å²) in [6.45, 7) is 2.72. The van der Waals surface area contributed by atoms with E-state index in [1.807, 2.05) is 25.1 Å². The third kappa shape index (κ3) is 7.96. The van der Waals surface area contributed by atoms with Gasteiger partial charge in [0.15, 0.2) is 0 Å². The molecule has 1 fully saturated rings. The van der Waals surface area contributed by atoms with Crippen molar-refractivity contribution in [3.63, 3.8) is 0 Å². The quantitative estimate of drug-likeness (QED) is 0.490. The third-order valence-corrected chi connectivity index (χ3v) is 7.84. The topological polar surface area (TPSA) is 86.8 Å². The number of hydrogen-bond acceptors (Lipinski definition) is 4. The van der Waals surface area contributed by atoms with Crippen molar-refractivity contribution in [1.29, 1.82) is 0 Å². The summed E-state index contributed by atoms with van der Waals surface area (Å²) >= 11 is 0. The first-order chi connectivity index (χ1) is 17.8. The van der Waals surface area contributed by atoms with Crippen LogP contribution in [0.1, 0.15) is 55.7 Å². The molecule has 38 heavy (non-hydrogen) atoms. The van der Waals surface area contributed by atoms with E-state index in [1.54, 1.807) is 13.0 Å². The maximum absolute atomic E-state index is 13.6. The average molecular weight is 554 g/mol. The number of nitrogens with one attached hydrogen (secondary N) is 1. The standard InChI is InChI=1S/C27H34F3N3O4S/c1-19-9-7-10-21(15-19)17-32(20(2)26(35)31-23-12-5-4-6-13-23)25(34)18-33(38(3,36)37)24-14-8-11-22(16-24)27(28,29)30/h7-11,14-16,20,23H,4-6,12-13,17-18H2,1-3H3,(H,31,35)/t20-/m1/s1. The normalized spacial score (nSPS) is 15.5. The van der Waals surface area contributed by atoms with Crippen LogP contribution in [0, 0.1) is 6.92 Å². The van der Waals surface area contributed by atoms with E-state index in [4.69, 9.17) is 0 Å². The molecule has 0 unspecified atom stereocenters. The number of carbonyl (C=O) groups is 2. The van der Waals surface area contributed by atoms with Crippen molar-refractivity contribution in [2.24, 2.45) is 0 Å². The molecule has 0 aliphatic heterocycles. The number of alkyl halides is 3. The fourth-order valence-electron chi connectivity index (χ4n) is 4.61. The number of aryl methyl sites for hydroxylation is 1. The molecule has 1 aliphatic carbocycles. The molecular weight excluding hydrogens is 519 g/mol. The van der Waals surface area contributed by atoms with Crippen molar-refractivity contribution in [3.8, 4) is 0 Å². The molecule has 0 spiro atoms. The highest BCUT2D eigenvalue weighted by atomic mass is 32.2. The molecule has 0 aromatic heterocycles. The molecule has 1 atom stereocenters. The predicted octanol–water partition coefficient (Wildman–Crippen LogP) is 4.65. The Morgan fingerprint density at radius 3 is 2.32 bits per heavy atom. The number of halogens is 3. The van der Waals surface area contributed by atoms with Gasteiger partial charge in [0.25, 0.3) is 0 Å². The van der Waals surface area contributed by atoms with Crippen LogP contribution in [0.25, 0.3) is 0 Å². The van der Waals surface area contributed by atoms with Crippen LogP contribution in [0.4, 0.5) is 18.9 Å². The van der Waals surface area contributed by atoms with Crippen molar-refractivity contribution >= 4 is 27.5 Å². The third-order valence-electron chi connectivity index (χ3n) is 6.69. The summed E-state index contributed by atoms with van der Waals surface area (Å²) in [5.74, 6) is -1.07. The zero-order valence-corrected chi connectivity index (χ0v) is 22.6. The first kappa shape index (κ1) is 29.5. The van der Waals surface area contributed by atoms with E-state index in [9.17, 15) is 31.2 Å². The lowest BCUT2D eigenvalue weighted by Crippen LogP contribution is -2.53. The van der Waals surface area contributed by atoms with E-state index in [2.05, 4.69) is 5.32 Å². The van der Waals surface area contributed by atoms with Crippen molar-refractivity contribution in [1.82, 2.24) is 10.2 Å². The van der Waals surface area contributed by atoms with Crippen LogP contribution in [-0.4, -0.2) is 50.0 Å². The van der Waals surface area contributed by atoms with Gasteiger partial charge >= 0.3 is 6.18 Å². The predicted molar refractivity (Wildman–Crippen MR) is 140 cm³/mol. The second-order valence-electron chi connectivity index (χ2n) is 9.85. The molecule has 7 nitrogen and oxygen atoms in total. The Balaban J connectivity index is 1.91. The summed E-state index contributed by atoms with van der Waals surface area (Å²) in [5.41, 5.74) is 0.356. The molecule has 0 heterocycles. The highest BCUT2D eigenvalue weighted by Crippen LogP contribution is 2.32. The Labute approximate surface area is 222 Å². The molecule has 0 bridgehead atoms. The van der Waals surface area contributed by atoms with Crippen LogP contribution >= 0.6 is 0 Å². The van der Waals surface area contributed by atoms with Crippen LogP contribution in [0.15, 0.2) is 48.5 Å². The van der Waals surface area contributed by atoms with Gasteiger partial charge in [0.2, 0.25) is 21.8 Å². The number of anilines is 1. The molecule has 208 valence electrons. The van der Waals surface area contributed by atoms with Crippen LogP contribution in [0.3, 0.4) is 0 Å². The Bertz CT molecular complexity index is 1240. The molecule has 2 aromatic carbocycles. The maximum atomic E-state index is 13.6. The lowest BCUT2D eigenvalue weighted by Gasteiger charge is -2.33. The Hall–Kier alpha value is -3.08. The first-order valence-electron chi connectivity index (χ1n) is 12.6. The van der Waals surface area contributed by atoms with Crippen LogP contribution in [0.2, 0.25) is 0 Å². The fourth-order valence-corrected chi connectivity index (χ4v) is 5.45. The summed E-state index contributed by atoms with van der Waals surface area (Å²) in [7, 11) is -4.14. The number of nitrogens with zero attached hydrogens (tertiary/aromatic N) is 2. The second kappa shape index (κ2) is 12.2. The highest BCUT2D eigenvalue weighted by molar-refractivity contribution is 7.92. The Kier molecular flexibility index (Phi) is 9.45. The van der Waals surface area contributed by atoms with Gasteiger partial charge in [-0.1, -0.05) is 55.2 Å². The fraction of sp³-hybridized carbons (Fsp3) is 0.481. The average Bonchev–Trinajstić information content (AvgIpc) is 2.85. The van der Waals surface area contributed by atoms with Gasteiger partial charge in [0, 0.05) is 12.6 Å².